The predicted molar refractivity (Wildman–Crippen MR) is 116 cm³/mol. The number of para-hydroxylation sites is 2. The summed E-state index contributed by atoms with van der Waals surface area (Å²) >= 11 is 0. The van der Waals surface area contributed by atoms with E-state index in [1.807, 2.05) is 12.1 Å². The summed E-state index contributed by atoms with van der Waals surface area (Å²) in [6.07, 6.45) is 3.24. The van der Waals surface area contributed by atoms with E-state index in [0.29, 0.717) is 0 Å². The molecule has 0 amide bonds. The van der Waals surface area contributed by atoms with Gasteiger partial charge in [0.05, 0.1) is 7.11 Å². The van der Waals surface area contributed by atoms with Gasteiger partial charge in [-0.2, -0.15) is 0 Å². The number of aromatic nitrogens is 1. The summed E-state index contributed by atoms with van der Waals surface area (Å²) in [5.41, 5.74) is 5.18. The Labute approximate surface area is 166 Å². The second-order valence-electron chi connectivity index (χ2n) is 7.02. The van der Waals surface area contributed by atoms with E-state index in [4.69, 9.17) is 4.74 Å². The highest BCUT2D eigenvalue weighted by molar-refractivity contribution is 5.84. The molecule has 3 aromatic carbocycles. The molecule has 0 fully saturated rings. The van der Waals surface area contributed by atoms with Crippen molar-refractivity contribution >= 4 is 10.9 Å². The van der Waals surface area contributed by atoms with Crippen molar-refractivity contribution in [1.82, 2.24) is 9.88 Å². The second-order valence-corrected chi connectivity index (χ2v) is 7.02. The normalized spacial score (nSPS) is 11.0. The topological polar surface area (TPSA) is 26.2 Å². The Morgan fingerprint density at radius 2 is 1.57 bits per heavy atom. The highest BCUT2D eigenvalue weighted by atomic mass is 16.5. The number of methoxy groups -OCH3 is 1. The summed E-state index contributed by atoms with van der Waals surface area (Å²) in [6.45, 7) is 2.67. The number of benzene rings is 3. The van der Waals surface area contributed by atoms with E-state index in [1.165, 1.54) is 27.6 Å². The fraction of sp³-hybridized carbons (Fsp3) is 0.200. The lowest BCUT2D eigenvalue weighted by molar-refractivity contribution is 0.409. The van der Waals surface area contributed by atoms with Crippen molar-refractivity contribution < 1.29 is 4.74 Å². The van der Waals surface area contributed by atoms with Crippen LogP contribution >= 0.6 is 0 Å². The van der Waals surface area contributed by atoms with E-state index in [0.717, 1.165) is 31.8 Å². The number of rotatable bonds is 8. The Kier molecular flexibility index (Phi) is 5.74. The summed E-state index contributed by atoms with van der Waals surface area (Å²) in [4.78, 5) is 0. The molecule has 0 saturated carbocycles. The third-order valence-corrected chi connectivity index (χ3v) is 5.15. The molecule has 1 N–H and O–H groups in total. The zero-order valence-electron chi connectivity index (χ0n) is 16.3. The molecule has 0 aliphatic rings. The highest BCUT2D eigenvalue weighted by Gasteiger charge is 2.08. The maximum Gasteiger partial charge on any atom is 0.122 e. The molecular formula is C25H26N2O. The van der Waals surface area contributed by atoms with Gasteiger partial charge in [-0.05, 0) is 41.8 Å². The molecule has 4 aromatic rings. The monoisotopic (exact) mass is 370 g/mol. The number of nitrogens with one attached hydrogen (secondary N) is 1. The van der Waals surface area contributed by atoms with E-state index in [2.05, 4.69) is 82.8 Å². The van der Waals surface area contributed by atoms with Gasteiger partial charge in [-0.3, -0.25) is 0 Å². The first-order valence-electron chi connectivity index (χ1n) is 9.78. The Morgan fingerprint density at radius 1 is 0.821 bits per heavy atom. The largest absolute Gasteiger partial charge is 0.496 e. The molecule has 0 spiro atoms. The summed E-state index contributed by atoms with van der Waals surface area (Å²) in [6, 6.07) is 27.5. The van der Waals surface area contributed by atoms with Crippen LogP contribution in [0, 0.1) is 0 Å². The van der Waals surface area contributed by atoms with Crippen molar-refractivity contribution in [3.63, 3.8) is 0 Å². The van der Waals surface area contributed by atoms with Crippen molar-refractivity contribution in [3.05, 3.63) is 102 Å². The van der Waals surface area contributed by atoms with Crippen molar-refractivity contribution in [1.29, 1.82) is 0 Å². The highest BCUT2D eigenvalue weighted by Crippen LogP contribution is 2.23. The molecule has 0 bridgehead atoms. The molecule has 142 valence electrons. The van der Waals surface area contributed by atoms with E-state index in [1.54, 1.807) is 7.11 Å². The number of nitrogens with zero attached hydrogens (tertiary/aromatic N) is 1. The lowest BCUT2D eigenvalue weighted by Crippen LogP contribution is -2.16. The number of hydrogen-bond donors (Lipinski definition) is 1. The van der Waals surface area contributed by atoms with Gasteiger partial charge in [0.25, 0.3) is 0 Å². The Balaban J connectivity index is 1.45. The minimum atomic E-state index is 0.859. The molecule has 0 aliphatic heterocycles. The SMILES string of the molecule is COc1ccccc1CCNCc1cn(Cc2ccccc2)c2ccccc12. The van der Waals surface area contributed by atoms with E-state index in [9.17, 15) is 0 Å². The fourth-order valence-corrected chi connectivity index (χ4v) is 3.73. The van der Waals surface area contributed by atoms with Gasteiger partial charge < -0.3 is 14.6 Å². The van der Waals surface area contributed by atoms with E-state index in [-0.39, 0.29) is 0 Å². The lowest BCUT2D eigenvalue weighted by atomic mass is 10.1. The second kappa shape index (κ2) is 8.77. The van der Waals surface area contributed by atoms with Gasteiger partial charge in [0.15, 0.2) is 0 Å². The average Bonchev–Trinajstić information content (AvgIpc) is 3.10. The quantitative estimate of drug-likeness (QED) is 0.440. The number of fused-ring (bicyclic) bond motifs is 1. The third kappa shape index (κ3) is 4.10. The van der Waals surface area contributed by atoms with Gasteiger partial charge in [0.1, 0.15) is 5.75 Å². The van der Waals surface area contributed by atoms with Crippen LogP contribution in [0.5, 0.6) is 5.75 Å². The van der Waals surface area contributed by atoms with Gasteiger partial charge in [-0.1, -0.05) is 66.7 Å². The third-order valence-electron chi connectivity index (χ3n) is 5.15. The number of hydrogen-bond acceptors (Lipinski definition) is 2. The van der Waals surface area contributed by atoms with Crippen LogP contribution in [0.3, 0.4) is 0 Å². The van der Waals surface area contributed by atoms with Crippen molar-refractivity contribution in [2.45, 2.75) is 19.5 Å². The first-order chi connectivity index (χ1) is 13.8. The average molecular weight is 370 g/mol. The zero-order valence-corrected chi connectivity index (χ0v) is 16.3. The van der Waals surface area contributed by atoms with Crippen LogP contribution in [0.1, 0.15) is 16.7 Å². The van der Waals surface area contributed by atoms with Crippen LogP contribution in [-0.2, 0) is 19.5 Å². The minimum absolute atomic E-state index is 0.859. The maximum absolute atomic E-state index is 5.45. The van der Waals surface area contributed by atoms with Crippen LogP contribution in [0.4, 0.5) is 0 Å². The molecule has 0 saturated heterocycles. The summed E-state index contributed by atoms with van der Waals surface area (Å²) in [5.74, 6) is 0.962. The van der Waals surface area contributed by atoms with Gasteiger partial charge in [0.2, 0.25) is 0 Å². The number of ether oxygens (including phenoxy) is 1. The van der Waals surface area contributed by atoms with E-state index < -0.39 is 0 Å². The van der Waals surface area contributed by atoms with Gasteiger partial charge >= 0.3 is 0 Å². The van der Waals surface area contributed by atoms with Crippen LogP contribution in [-0.4, -0.2) is 18.2 Å². The molecule has 3 heteroatoms. The summed E-state index contributed by atoms with van der Waals surface area (Å²) < 4.78 is 7.80. The standard InChI is InChI=1S/C25H26N2O/c1-28-25-14-8-5-11-21(25)15-16-26-17-22-19-27(18-20-9-3-2-4-10-20)24-13-7-6-12-23(22)24/h2-14,19,26H,15-18H2,1H3. The van der Waals surface area contributed by atoms with Crippen LogP contribution in [0.15, 0.2) is 85.1 Å². The van der Waals surface area contributed by atoms with E-state index >= 15 is 0 Å². The fourth-order valence-electron chi connectivity index (χ4n) is 3.73. The molecule has 0 atom stereocenters. The Bertz CT molecular complexity index is 1040. The van der Waals surface area contributed by atoms with Crippen LogP contribution in [0.25, 0.3) is 10.9 Å². The van der Waals surface area contributed by atoms with Gasteiger partial charge in [-0.25, -0.2) is 0 Å². The summed E-state index contributed by atoms with van der Waals surface area (Å²) in [5, 5.41) is 4.92. The van der Waals surface area contributed by atoms with Gasteiger partial charge in [-0.15, -0.1) is 0 Å². The van der Waals surface area contributed by atoms with Crippen LogP contribution in [0.2, 0.25) is 0 Å². The molecule has 0 radical (unpaired) electrons. The Morgan fingerprint density at radius 3 is 2.43 bits per heavy atom. The lowest BCUT2D eigenvalue weighted by Gasteiger charge is -2.08. The first-order valence-corrected chi connectivity index (χ1v) is 9.78. The van der Waals surface area contributed by atoms with Crippen molar-refractivity contribution in [2.24, 2.45) is 0 Å². The molecule has 1 heterocycles. The Hall–Kier alpha value is -3.04. The molecule has 1 aromatic heterocycles. The minimum Gasteiger partial charge on any atom is -0.496 e. The molecule has 0 aliphatic carbocycles. The molecule has 3 nitrogen and oxygen atoms in total. The predicted octanol–water partition coefficient (Wildman–Crippen LogP) is 5.03. The smallest absolute Gasteiger partial charge is 0.122 e. The zero-order chi connectivity index (χ0) is 19.2. The molecule has 4 rings (SSSR count). The molecular weight excluding hydrogens is 344 g/mol. The maximum atomic E-state index is 5.45. The molecule has 28 heavy (non-hydrogen) atoms. The first kappa shape index (κ1) is 18.3. The van der Waals surface area contributed by atoms with Crippen LogP contribution < -0.4 is 10.1 Å². The van der Waals surface area contributed by atoms with Crippen molar-refractivity contribution in [2.75, 3.05) is 13.7 Å². The van der Waals surface area contributed by atoms with Gasteiger partial charge in [0, 0.05) is 30.2 Å². The molecule has 0 unspecified atom stereocenters. The summed E-state index contributed by atoms with van der Waals surface area (Å²) in [7, 11) is 1.73. The van der Waals surface area contributed by atoms with Crippen molar-refractivity contribution in [3.8, 4) is 5.75 Å².